The van der Waals surface area contributed by atoms with Crippen molar-refractivity contribution < 1.29 is 14.3 Å². The Morgan fingerprint density at radius 3 is 2.73 bits per heavy atom. The predicted molar refractivity (Wildman–Crippen MR) is 82.3 cm³/mol. The van der Waals surface area contributed by atoms with Crippen molar-refractivity contribution in [2.45, 2.75) is 36.9 Å². The minimum atomic E-state index is -0.941. The summed E-state index contributed by atoms with van der Waals surface area (Å²) in [6, 6.07) is 10.0. The van der Waals surface area contributed by atoms with Gasteiger partial charge in [-0.2, -0.15) is 0 Å². The summed E-state index contributed by atoms with van der Waals surface area (Å²) in [6.45, 7) is 0.938. The zero-order valence-corrected chi connectivity index (χ0v) is 12.7. The lowest BCUT2D eigenvalue weighted by Crippen LogP contribution is -2.43. The highest BCUT2D eigenvalue weighted by molar-refractivity contribution is 5.78. The lowest BCUT2D eigenvalue weighted by atomic mass is 9.96. The van der Waals surface area contributed by atoms with Gasteiger partial charge < -0.3 is 10.4 Å². The number of amides is 1. The van der Waals surface area contributed by atoms with Crippen LogP contribution in [0.5, 0.6) is 0 Å². The van der Waals surface area contributed by atoms with Gasteiger partial charge in [0.1, 0.15) is 6.17 Å². The normalized spacial score (nSPS) is 26.8. The third-order valence-corrected chi connectivity index (χ3v) is 4.90. The maximum absolute atomic E-state index is 13.4. The van der Waals surface area contributed by atoms with Gasteiger partial charge in [0, 0.05) is 24.5 Å². The smallest absolute Gasteiger partial charge is 0.234 e. The molecule has 0 aromatic heterocycles. The van der Waals surface area contributed by atoms with E-state index in [-0.39, 0.29) is 37.1 Å². The molecule has 1 saturated heterocycles. The first-order chi connectivity index (χ1) is 10.6. The number of hydrogen-bond acceptors (Lipinski definition) is 3. The molecule has 1 heterocycles. The highest BCUT2D eigenvalue weighted by Gasteiger charge is 2.44. The van der Waals surface area contributed by atoms with Crippen LogP contribution in [0.25, 0.3) is 0 Å². The zero-order valence-electron chi connectivity index (χ0n) is 12.7. The van der Waals surface area contributed by atoms with Gasteiger partial charge in [0.05, 0.1) is 13.2 Å². The van der Waals surface area contributed by atoms with E-state index in [9.17, 15) is 14.3 Å². The number of likely N-dealkylation sites (tertiary alicyclic amines) is 1. The van der Waals surface area contributed by atoms with Crippen molar-refractivity contribution in [1.82, 2.24) is 10.2 Å². The Morgan fingerprint density at radius 1 is 1.36 bits per heavy atom. The number of rotatable bonds is 6. The highest BCUT2D eigenvalue weighted by Crippen LogP contribution is 2.47. The number of hydrogen-bond donors (Lipinski definition) is 2. The molecule has 2 N–H and O–H groups in total. The number of nitrogens with one attached hydrogen (secondary N) is 1. The second kappa shape index (κ2) is 6.34. The minimum absolute atomic E-state index is 0.0843. The number of carbonyl (C=O) groups is 1. The molecule has 0 bridgehead atoms. The van der Waals surface area contributed by atoms with Gasteiger partial charge >= 0.3 is 0 Å². The third kappa shape index (κ3) is 3.31. The monoisotopic (exact) mass is 306 g/mol. The van der Waals surface area contributed by atoms with Crippen LogP contribution in [0, 0.1) is 0 Å². The molecule has 0 spiro atoms. The van der Waals surface area contributed by atoms with Gasteiger partial charge in [-0.1, -0.05) is 30.3 Å². The van der Waals surface area contributed by atoms with Crippen molar-refractivity contribution in [3.8, 4) is 0 Å². The Morgan fingerprint density at radius 2 is 2.09 bits per heavy atom. The van der Waals surface area contributed by atoms with Crippen molar-refractivity contribution in [2.24, 2.45) is 0 Å². The van der Waals surface area contributed by atoms with Crippen molar-refractivity contribution in [3.05, 3.63) is 35.9 Å². The number of nitrogens with zero attached hydrogens (tertiary/aromatic N) is 1. The van der Waals surface area contributed by atoms with E-state index < -0.39 is 6.17 Å². The molecule has 1 amide bonds. The van der Waals surface area contributed by atoms with Gasteiger partial charge in [-0.05, 0) is 24.8 Å². The molecule has 1 aliphatic carbocycles. The van der Waals surface area contributed by atoms with E-state index in [0.717, 1.165) is 12.8 Å². The second-order valence-corrected chi connectivity index (χ2v) is 6.52. The molecule has 2 fully saturated rings. The fourth-order valence-corrected chi connectivity index (χ4v) is 3.32. The van der Waals surface area contributed by atoms with Crippen LogP contribution in [-0.4, -0.2) is 54.4 Å². The maximum Gasteiger partial charge on any atom is 0.234 e. The largest absolute Gasteiger partial charge is 0.395 e. The SMILES string of the molecule is O=C(CN1C[C@@H](F)C[C@H]1CO)NCC1(c2ccccc2)CC1. The van der Waals surface area contributed by atoms with E-state index in [1.165, 1.54) is 5.56 Å². The topological polar surface area (TPSA) is 52.6 Å². The first-order valence-corrected chi connectivity index (χ1v) is 7.94. The van der Waals surface area contributed by atoms with Crippen molar-refractivity contribution in [2.75, 3.05) is 26.2 Å². The molecule has 120 valence electrons. The number of benzene rings is 1. The minimum Gasteiger partial charge on any atom is -0.395 e. The second-order valence-electron chi connectivity index (χ2n) is 6.52. The summed E-state index contributed by atoms with van der Waals surface area (Å²) in [5.74, 6) is -0.0882. The van der Waals surface area contributed by atoms with Crippen LogP contribution in [0.2, 0.25) is 0 Å². The lowest BCUT2D eigenvalue weighted by molar-refractivity contribution is -0.122. The van der Waals surface area contributed by atoms with Gasteiger partial charge in [0.15, 0.2) is 0 Å². The van der Waals surface area contributed by atoms with E-state index in [1.807, 2.05) is 18.2 Å². The third-order valence-electron chi connectivity index (χ3n) is 4.90. The fourth-order valence-electron chi connectivity index (χ4n) is 3.32. The van der Waals surface area contributed by atoms with Crippen LogP contribution in [0.15, 0.2) is 30.3 Å². The zero-order chi connectivity index (χ0) is 15.6. The summed E-state index contributed by atoms with van der Waals surface area (Å²) in [5.41, 5.74) is 1.36. The fraction of sp³-hybridized carbons (Fsp3) is 0.588. The number of aliphatic hydroxyl groups is 1. The first-order valence-electron chi connectivity index (χ1n) is 7.94. The molecule has 2 atom stereocenters. The average Bonchev–Trinajstić information content (AvgIpc) is 3.24. The molecule has 1 saturated carbocycles. The molecule has 22 heavy (non-hydrogen) atoms. The van der Waals surface area contributed by atoms with Crippen molar-refractivity contribution in [3.63, 3.8) is 0 Å². The quantitative estimate of drug-likeness (QED) is 0.831. The molecule has 3 rings (SSSR count). The van der Waals surface area contributed by atoms with Crippen LogP contribution in [0.3, 0.4) is 0 Å². The Kier molecular flexibility index (Phi) is 4.45. The van der Waals surface area contributed by atoms with Gasteiger partial charge in [-0.25, -0.2) is 4.39 Å². The van der Waals surface area contributed by atoms with E-state index in [4.69, 9.17) is 0 Å². The van der Waals surface area contributed by atoms with Crippen molar-refractivity contribution >= 4 is 5.91 Å². The van der Waals surface area contributed by atoms with E-state index >= 15 is 0 Å². The lowest BCUT2D eigenvalue weighted by Gasteiger charge is -2.22. The molecule has 2 aliphatic rings. The molecule has 4 nitrogen and oxygen atoms in total. The Labute approximate surface area is 130 Å². The number of halogens is 1. The maximum atomic E-state index is 13.4. The van der Waals surface area contributed by atoms with Crippen LogP contribution >= 0.6 is 0 Å². The highest BCUT2D eigenvalue weighted by atomic mass is 19.1. The first kappa shape index (κ1) is 15.4. The summed E-state index contributed by atoms with van der Waals surface area (Å²) < 4.78 is 13.4. The van der Waals surface area contributed by atoms with E-state index in [2.05, 4.69) is 17.4 Å². The molecule has 0 unspecified atom stereocenters. The van der Waals surface area contributed by atoms with Gasteiger partial charge in [0.25, 0.3) is 0 Å². The Hall–Kier alpha value is -1.46. The van der Waals surface area contributed by atoms with E-state index in [0.29, 0.717) is 13.0 Å². The Bertz CT molecular complexity index is 519. The van der Waals surface area contributed by atoms with Crippen LogP contribution in [0.1, 0.15) is 24.8 Å². The summed E-state index contributed by atoms with van der Waals surface area (Å²) in [5, 5.41) is 12.2. The number of alkyl halides is 1. The van der Waals surface area contributed by atoms with Crippen molar-refractivity contribution in [1.29, 1.82) is 0 Å². The molecule has 5 heteroatoms. The van der Waals surface area contributed by atoms with Gasteiger partial charge in [-0.15, -0.1) is 0 Å². The summed E-state index contributed by atoms with van der Waals surface area (Å²) in [7, 11) is 0. The standard InChI is InChI=1S/C17H23FN2O2/c18-14-8-15(11-21)20(9-14)10-16(22)19-12-17(6-7-17)13-4-2-1-3-5-13/h1-5,14-15,21H,6-12H2,(H,19,22)/t14-,15-/m0/s1. The van der Waals surface area contributed by atoms with Crippen LogP contribution < -0.4 is 5.32 Å². The molecule has 0 radical (unpaired) electrons. The van der Waals surface area contributed by atoms with E-state index in [1.54, 1.807) is 4.90 Å². The number of aliphatic hydroxyl groups excluding tert-OH is 1. The summed E-state index contributed by atoms with van der Waals surface area (Å²) >= 11 is 0. The molecule has 1 aliphatic heterocycles. The summed E-state index contributed by atoms with van der Waals surface area (Å²) in [4.78, 5) is 13.9. The van der Waals surface area contributed by atoms with Crippen LogP contribution in [0.4, 0.5) is 4.39 Å². The van der Waals surface area contributed by atoms with Crippen LogP contribution in [-0.2, 0) is 10.2 Å². The van der Waals surface area contributed by atoms with Gasteiger partial charge in [0.2, 0.25) is 5.91 Å². The molecular formula is C17H23FN2O2. The molecular weight excluding hydrogens is 283 g/mol. The van der Waals surface area contributed by atoms with Gasteiger partial charge in [-0.3, -0.25) is 9.69 Å². The summed E-state index contributed by atoms with van der Waals surface area (Å²) in [6.07, 6.45) is 1.56. The predicted octanol–water partition coefficient (Wildman–Crippen LogP) is 1.24. The Balaban J connectivity index is 1.51. The molecule has 1 aromatic rings. The molecule has 1 aromatic carbocycles. The average molecular weight is 306 g/mol. The number of carbonyl (C=O) groups excluding carboxylic acids is 1.